The fraction of sp³-hybridized carbons (Fsp3) is 0.259. The molecule has 4 amide bonds. The predicted octanol–water partition coefficient (Wildman–Crippen LogP) is 0.912. The van der Waals surface area contributed by atoms with Gasteiger partial charge in [-0.1, -0.05) is 0 Å². The number of amides is 4. The summed E-state index contributed by atoms with van der Waals surface area (Å²) in [6.45, 7) is 2.41. The van der Waals surface area contributed by atoms with Crippen molar-refractivity contribution in [2.75, 3.05) is 24.2 Å². The lowest BCUT2D eigenvalue weighted by Gasteiger charge is -2.21. The highest BCUT2D eigenvalue weighted by molar-refractivity contribution is 7.90. The van der Waals surface area contributed by atoms with E-state index < -0.39 is 27.3 Å². The molecule has 214 valence electrons. The van der Waals surface area contributed by atoms with Gasteiger partial charge in [-0.3, -0.25) is 24.9 Å². The first-order valence-electron chi connectivity index (χ1n) is 12.9. The molecule has 0 aliphatic carbocycles. The molecule has 2 aliphatic rings. The van der Waals surface area contributed by atoms with Crippen LogP contribution in [0.5, 0.6) is 0 Å². The Morgan fingerprint density at radius 3 is 2.64 bits per heavy atom. The number of hydrogen-bond acceptors (Lipinski definition) is 11. The molecule has 0 saturated carbocycles. The summed E-state index contributed by atoms with van der Waals surface area (Å²) in [4.78, 5) is 60.8. The third-order valence-corrected chi connectivity index (χ3v) is 8.45. The number of carbonyl (C=O) groups is 3. The van der Waals surface area contributed by atoms with Gasteiger partial charge in [-0.15, -0.1) is 0 Å². The monoisotopic (exact) mass is 587 g/mol. The lowest BCUT2D eigenvalue weighted by atomic mass is 10.00. The second-order valence-electron chi connectivity index (χ2n) is 10.2. The van der Waals surface area contributed by atoms with Crippen LogP contribution in [-0.4, -0.2) is 76.1 Å². The molecule has 0 aromatic carbocycles. The van der Waals surface area contributed by atoms with Gasteiger partial charge in [0.05, 0.1) is 51.8 Å². The highest BCUT2D eigenvalue weighted by atomic mass is 32.2. The number of nitrogens with zero attached hydrogens (tertiary/aromatic N) is 6. The van der Waals surface area contributed by atoms with Gasteiger partial charge in [0.15, 0.2) is 9.84 Å². The molecule has 1 atom stereocenters. The third-order valence-electron chi connectivity index (χ3n) is 7.23. The molecule has 6 rings (SSSR count). The number of sulfone groups is 1. The molecule has 14 nitrogen and oxygen atoms in total. The van der Waals surface area contributed by atoms with Crippen molar-refractivity contribution in [2.24, 2.45) is 0 Å². The van der Waals surface area contributed by atoms with Crippen LogP contribution in [-0.2, 0) is 21.2 Å². The van der Waals surface area contributed by atoms with Crippen molar-refractivity contribution < 1.29 is 22.8 Å². The van der Waals surface area contributed by atoms with Crippen molar-refractivity contribution in [1.82, 2.24) is 40.9 Å². The zero-order valence-electron chi connectivity index (χ0n) is 22.6. The molecule has 15 heteroatoms. The highest BCUT2D eigenvalue weighted by Crippen LogP contribution is 2.28. The van der Waals surface area contributed by atoms with E-state index in [1.54, 1.807) is 31.5 Å². The van der Waals surface area contributed by atoms with Crippen LogP contribution in [0.4, 0.5) is 10.7 Å². The van der Waals surface area contributed by atoms with E-state index in [1.165, 1.54) is 12.3 Å². The van der Waals surface area contributed by atoms with Crippen molar-refractivity contribution in [3.63, 3.8) is 0 Å². The molecule has 6 heterocycles. The number of rotatable bonds is 6. The summed E-state index contributed by atoms with van der Waals surface area (Å²) >= 11 is 0. The van der Waals surface area contributed by atoms with E-state index in [0.717, 1.165) is 11.6 Å². The van der Waals surface area contributed by atoms with E-state index in [2.05, 4.69) is 35.9 Å². The van der Waals surface area contributed by atoms with Crippen molar-refractivity contribution in [1.29, 1.82) is 0 Å². The summed E-state index contributed by atoms with van der Waals surface area (Å²) in [5.74, 6) is -0.414. The summed E-state index contributed by atoms with van der Waals surface area (Å²) in [7, 11) is -3.53. The highest BCUT2D eigenvalue weighted by Gasteiger charge is 2.51. The maximum absolute atomic E-state index is 12.7. The number of hydrogen-bond donors (Lipinski definition) is 3. The Morgan fingerprint density at radius 1 is 1.07 bits per heavy atom. The minimum absolute atomic E-state index is 0.00336. The maximum atomic E-state index is 12.7. The first kappa shape index (κ1) is 27.1. The molecule has 2 saturated heterocycles. The van der Waals surface area contributed by atoms with E-state index in [9.17, 15) is 22.8 Å². The van der Waals surface area contributed by atoms with Gasteiger partial charge in [-0.05, 0) is 43.7 Å². The summed E-state index contributed by atoms with van der Waals surface area (Å²) in [6, 6.07) is 7.97. The number of aryl methyl sites for hydroxylation is 1. The van der Waals surface area contributed by atoms with Crippen molar-refractivity contribution in [3.05, 3.63) is 65.9 Å². The van der Waals surface area contributed by atoms with Crippen LogP contribution in [0.3, 0.4) is 0 Å². The number of anilines is 1. The molecule has 0 radical (unpaired) electrons. The smallest absolute Gasteiger partial charge is 0.322 e. The molecule has 4 aromatic rings. The van der Waals surface area contributed by atoms with Gasteiger partial charge in [0, 0.05) is 36.8 Å². The standard InChI is InChI=1S/C27H25N9O5S/c1-15-22(42(2,40)41)9-17(12-29-15)23(37)31-13-18-10-21-16(11-30-18)3-4-19(32-21)20-5-7-28-25(33-20)36-8-6-27(14-36)24(38)34-26(39)35-27/h3-5,7,9-12H,6,8,13-14H2,1-2H3,(H,31,37)(H2,34,35,38,39). The normalized spacial score (nSPS) is 18.4. The van der Waals surface area contributed by atoms with Crippen LogP contribution in [0.1, 0.15) is 28.2 Å². The summed E-state index contributed by atoms with van der Waals surface area (Å²) in [5, 5.41) is 8.54. The SMILES string of the molecule is Cc1ncc(C(=O)NCc2cc3nc(-c4ccnc(N5CCC6(C5)NC(=O)NC6=O)n4)ccc3cn2)cc1S(C)(=O)=O. The van der Waals surface area contributed by atoms with Crippen LogP contribution in [0.15, 0.2) is 53.8 Å². The van der Waals surface area contributed by atoms with Crippen LogP contribution >= 0.6 is 0 Å². The topological polar surface area (TPSA) is 189 Å². The van der Waals surface area contributed by atoms with Gasteiger partial charge in [0.2, 0.25) is 5.95 Å². The number of pyridine rings is 3. The van der Waals surface area contributed by atoms with Gasteiger partial charge in [0.1, 0.15) is 5.54 Å². The summed E-state index contributed by atoms with van der Waals surface area (Å²) < 4.78 is 24.0. The number of aromatic nitrogens is 5. The molecule has 1 unspecified atom stereocenters. The molecular formula is C27H25N9O5S. The molecular weight excluding hydrogens is 562 g/mol. The average molecular weight is 588 g/mol. The van der Waals surface area contributed by atoms with E-state index in [-0.39, 0.29) is 29.5 Å². The van der Waals surface area contributed by atoms with Crippen LogP contribution in [0.2, 0.25) is 0 Å². The fourth-order valence-electron chi connectivity index (χ4n) is 5.02. The number of urea groups is 1. The van der Waals surface area contributed by atoms with Gasteiger partial charge in [-0.25, -0.2) is 28.2 Å². The number of nitrogens with one attached hydrogen (secondary N) is 3. The molecule has 2 aliphatic heterocycles. The molecule has 2 fully saturated rings. The van der Waals surface area contributed by atoms with Crippen LogP contribution < -0.4 is 20.9 Å². The minimum atomic E-state index is -3.53. The molecule has 0 bridgehead atoms. The Labute approximate surface area is 239 Å². The van der Waals surface area contributed by atoms with E-state index in [4.69, 9.17) is 4.98 Å². The quantitative estimate of drug-likeness (QED) is 0.272. The maximum Gasteiger partial charge on any atom is 0.322 e. The Hall–Kier alpha value is -5.05. The van der Waals surface area contributed by atoms with Crippen LogP contribution in [0.25, 0.3) is 22.3 Å². The molecule has 42 heavy (non-hydrogen) atoms. The summed E-state index contributed by atoms with van der Waals surface area (Å²) in [5.41, 5.74) is 1.81. The lowest BCUT2D eigenvalue weighted by Crippen LogP contribution is -2.49. The fourth-order valence-corrected chi connectivity index (χ4v) is 5.95. The van der Waals surface area contributed by atoms with Gasteiger partial charge < -0.3 is 15.5 Å². The van der Waals surface area contributed by atoms with E-state index in [0.29, 0.717) is 47.2 Å². The Balaban J connectivity index is 1.19. The van der Waals surface area contributed by atoms with Gasteiger partial charge >= 0.3 is 6.03 Å². The lowest BCUT2D eigenvalue weighted by molar-refractivity contribution is -0.123. The average Bonchev–Trinajstić information content (AvgIpc) is 3.52. The van der Waals surface area contributed by atoms with Crippen LogP contribution in [0, 0.1) is 6.92 Å². The Kier molecular flexibility index (Phi) is 6.52. The first-order chi connectivity index (χ1) is 20.0. The minimum Gasteiger partial charge on any atom is -0.346 e. The Bertz CT molecular complexity index is 1900. The number of fused-ring (bicyclic) bond motifs is 1. The van der Waals surface area contributed by atoms with E-state index >= 15 is 0 Å². The zero-order chi connectivity index (χ0) is 29.6. The second kappa shape index (κ2) is 10.1. The predicted molar refractivity (Wildman–Crippen MR) is 150 cm³/mol. The molecule has 4 aromatic heterocycles. The third kappa shape index (κ3) is 5.09. The van der Waals surface area contributed by atoms with Gasteiger partial charge in [-0.2, -0.15) is 0 Å². The van der Waals surface area contributed by atoms with E-state index in [1.807, 2.05) is 17.0 Å². The van der Waals surface area contributed by atoms with Crippen molar-refractivity contribution >= 4 is 44.5 Å². The molecule has 1 spiro atoms. The second-order valence-corrected chi connectivity index (χ2v) is 12.2. The summed E-state index contributed by atoms with van der Waals surface area (Å²) in [6.07, 6.45) is 6.11. The largest absolute Gasteiger partial charge is 0.346 e. The van der Waals surface area contributed by atoms with Crippen molar-refractivity contribution in [2.45, 2.75) is 30.3 Å². The molecule has 3 N–H and O–H groups in total. The Morgan fingerprint density at radius 2 is 1.88 bits per heavy atom. The number of imide groups is 1. The van der Waals surface area contributed by atoms with Gasteiger partial charge in [0.25, 0.3) is 11.8 Å². The number of carbonyl (C=O) groups excluding carboxylic acids is 3. The van der Waals surface area contributed by atoms with Crippen molar-refractivity contribution in [3.8, 4) is 11.4 Å². The first-order valence-corrected chi connectivity index (χ1v) is 14.8. The zero-order valence-corrected chi connectivity index (χ0v) is 23.4.